The van der Waals surface area contributed by atoms with Crippen LogP contribution in [0.4, 0.5) is 0 Å². The highest BCUT2D eigenvalue weighted by Crippen LogP contribution is 2.13. The summed E-state index contributed by atoms with van der Waals surface area (Å²) in [6.07, 6.45) is -0.211. The molecule has 0 saturated carbocycles. The number of hydrogen-bond acceptors (Lipinski definition) is 3. The molecule has 0 aliphatic carbocycles. The molecule has 4 N–H and O–H groups in total. The average molecular weight is 145 g/mol. The van der Waals surface area contributed by atoms with E-state index in [1.54, 1.807) is 0 Å². The molecule has 0 radical (unpaired) electrons. The van der Waals surface area contributed by atoms with Crippen molar-refractivity contribution in [1.82, 2.24) is 0 Å². The third-order valence-corrected chi connectivity index (χ3v) is 1.80. The zero-order valence-corrected chi connectivity index (χ0v) is 6.41. The fraction of sp³-hybridized carbons (Fsp3) is 0.714. The lowest BCUT2D eigenvalue weighted by molar-refractivity contribution is 0.0350. The summed E-state index contributed by atoms with van der Waals surface area (Å²) in [6, 6.07) is 0. The smallest absolute Gasteiger partial charge is 0.0857 e. The normalized spacial score (nSPS) is 22.9. The van der Waals surface area contributed by atoms with E-state index in [0.717, 1.165) is 0 Å². The average Bonchev–Trinajstić information content (AvgIpc) is 1.85. The summed E-state index contributed by atoms with van der Waals surface area (Å²) in [6.45, 7) is 6.47. The maximum absolute atomic E-state index is 9.09. The Hall–Kier alpha value is -0.380. The van der Waals surface area contributed by atoms with Crippen LogP contribution in [0.15, 0.2) is 12.7 Å². The first-order valence-electron chi connectivity index (χ1n) is 3.23. The molecule has 3 heteroatoms. The van der Waals surface area contributed by atoms with Crippen molar-refractivity contribution in [3.05, 3.63) is 12.7 Å². The van der Waals surface area contributed by atoms with Gasteiger partial charge in [0.15, 0.2) is 0 Å². The van der Waals surface area contributed by atoms with Gasteiger partial charge in [0.25, 0.3) is 0 Å². The van der Waals surface area contributed by atoms with Crippen LogP contribution in [0.5, 0.6) is 0 Å². The minimum atomic E-state index is -1.08. The van der Waals surface area contributed by atoms with Gasteiger partial charge in [-0.2, -0.15) is 0 Å². The van der Waals surface area contributed by atoms with Crippen LogP contribution < -0.4 is 5.73 Å². The molecule has 0 amide bonds. The van der Waals surface area contributed by atoms with Gasteiger partial charge in [-0.25, -0.2) is 0 Å². The third kappa shape index (κ3) is 1.56. The van der Waals surface area contributed by atoms with Crippen molar-refractivity contribution < 1.29 is 10.2 Å². The van der Waals surface area contributed by atoms with Gasteiger partial charge in [0.05, 0.1) is 17.7 Å². The molecule has 10 heavy (non-hydrogen) atoms. The SMILES string of the molecule is C=CC(N)(C(C)O)C(C)O. The molecule has 0 fully saturated rings. The van der Waals surface area contributed by atoms with E-state index >= 15 is 0 Å². The van der Waals surface area contributed by atoms with Crippen molar-refractivity contribution in [3.63, 3.8) is 0 Å². The highest BCUT2D eigenvalue weighted by atomic mass is 16.3. The summed E-state index contributed by atoms with van der Waals surface area (Å²) in [5.74, 6) is 0. The summed E-state index contributed by atoms with van der Waals surface area (Å²) >= 11 is 0. The van der Waals surface area contributed by atoms with Crippen molar-refractivity contribution in [2.45, 2.75) is 31.6 Å². The molecule has 0 aliphatic rings. The highest BCUT2D eigenvalue weighted by Gasteiger charge is 2.32. The lowest BCUT2D eigenvalue weighted by Gasteiger charge is -2.31. The summed E-state index contributed by atoms with van der Waals surface area (Å²) in [5, 5.41) is 18.2. The predicted molar refractivity (Wildman–Crippen MR) is 40.5 cm³/mol. The molecule has 0 bridgehead atoms. The minimum Gasteiger partial charge on any atom is -0.391 e. The molecule has 0 heterocycles. The van der Waals surface area contributed by atoms with Crippen LogP contribution in [0.2, 0.25) is 0 Å². The number of rotatable bonds is 3. The Balaban J connectivity index is 4.38. The van der Waals surface area contributed by atoms with E-state index in [9.17, 15) is 0 Å². The van der Waals surface area contributed by atoms with Gasteiger partial charge < -0.3 is 15.9 Å². The summed E-state index contributed by atoms with van der Waals surface area (Å²) in [7, 11) is 0. The van der Waals surface area contributed by atoms with E-state index in [2.05, 4.69) is 6.58 Å². The lowest BCUT2D eigenvalue weighted by Crippen LogP contribution is -2.55. The Labute approximate surface area is 61.2 Å². The van der Waals surface area contributed by atoms with Gasteiger partial charge in [-0.05, 0) is 13.8 Å². The Bertz CT molecular complexity index is 113. The van der Waals surface area contributed by atoms with Gasteiger partial charge in [-0.15, -0.1) is 6.58 Å². The predicted octanol–water partition coefficient (Wildman–Crippen LogP) is -0.369. The summed E-state index contributed by atoms with van der Waals surface area (Å²) in [5.41, 5.74) is 4.48. The number of hydrogen-bond donors (Lipinski definition) is 3. The van der Waals surface area contributed by atoms with Crippen LogP contribution in [0.1, 0.15) is 13.8 Å². The van der Waals surface area contributed by atoms with E-state index in [-0.39, 0.29) is 0 Å². The van der Waals surface area contributed by atoms with Gasteiger partial charge in [0.2, 0.25) is 0 Å². The minimum absolute atomic E-state index is 0.787. The molecule has 60 valence electrons. The zero-order valence-electron chi connectivity index (χ0n) is 6.41. The molecule has 0 aromatic heterocycles. The highest BCUT2D eigenvalue weighted by molar-refractivity contribution is 5.07. The number of nitrogens with two attached hydrogens (primary N) is 1. The molecular weight excluding hydrogens is 130 g/mol. The van der Waals surface area contributed by atoms with E-state index < -0.39 is 17.7 Å². The van der Waals surface area contributed by atoms with Gasteiger partial charge in [-0.3, -0.25) is 0 Å². The number of aliphatic hydroxyl groups excluding tert-OH is 2. The largest absolute Gasteiger partial charge is 0.391 e. The second-order valence-corrected chi connectivity index (χ2v) is 2.56. The summed E-state index contributed by atoms with van der Waals surface area (Å²) in [4.78, 5) is 0. The maximum Gasteiger partial charge on any atom is 0.0857 e. The topological polar surface area (TPSA) is 66.5 Å². The van der Waals surface area contributed by atoms with Crippen LogP contribution in [-0.2, 0) is 0 Å². The van der Waals surface area contributed by atoms with Crippen molar-refractivity contribution in [2.24, 2.45) is 5.73 Å². The van der Waals surface area contributed by atoms with Crippen molar-refractivity contribution >= 4 is 0 Å². The first-order chi connectivity index (χ1) is 4.45. The van der Waals surface area contributed by atoms with Gasteiger partial charge in [0, 0.05) is 0 Å². The first-order valence-corrected chi connectivity index (χ1v) is 3.23. The monoisotopic (exact) mass is 145 g/mol. The van der Waals surface area contributed by atoms with E-state index in [1.807, 2.05) is 0 Å². The van der Waals surface area contributed by atoms with Crippen molar-refractivity contribution in [2.75, 3.05) is 0 Å². The van der Waals surface area contributed by atoms with E-state index in [4.69, 9.17) is 15.9 Å². The zero-order chi connectivity index (χ0) is 8.36. The quantitative estimate of drug-likeness (QED) is 0.475. The van der Waals surface area contributed by atoms with E-state index in [1.165, 1.54) is 19.9 Å². The molecule has 0 aromatic carbocycles. The Morgan fingerprint density at radius 3 is 1.70 bits per heavy atom. The molecule has 2 atom stereocenters. The Kier molecular flexibility index (Phi) is 3.02. The molecule has 3 nitrogen and oxygen atoms in total. The van der Waals surface area contributed by atoms with Crippen molar-refractivity contribution in [3.8, 4) is 0 Å². The fourth-order valence-electron chi connectivity index (χ4n) is 0.690. The second kappa shape index (κ2) is 3.14. The van der Waals surface area contributed by atoms with Crippen molar-refractivity contribution in [1.29, 1.82) is 0 Å². The van der Waals surface area contributed by atoms with Gasteiger partial charge in [0.1, 0.15) is 0 Å². The third-order valence-electron chi connectivity index (χ3n) is 1.80. The fourth-order valence-corrected chi connectivity index (χ4v) is 0.690. The van der Waals surface area contributed by atoms with Gasteiger partial charge >= 0.3 is 0 Å². The van der Waals surface area contributed by atoms with Crippen LogP contribution in [0.25, 0.3) is 0 Å². The number of aliphatic hydroxyl groups is 2. The molecular formula is C7H15NO2. The molecule has 0 saturated heterocycles. The molecule has 0 spiro atoms. The molecule has 0 rings (SSSR count). The maximum atomic E-state index is 9.09. The van der Waals surface area contributed by atoms with Crippen LogP contribution in [0, 0.1) is 0 Å². The standard InChI is InChI=1S/C7H15NO2/c1-4-7(8,5(2)9)6(3)10/h4-6,9-10H,1,8H2,2-3H3. The molecule has 2 unspecified atom stereocenters. The first kappa shape index (κ1) is 9.62. The molecule has 0 aromatic rings. The Morgan fingerprint density at radius 1 is 1.40 bits per heavy atom. The summed E-state index contributed by atoms with van der Waals surface area (Å²) < 4.78 is 0. The van der Waals surface area contributed by atoms with Crippen LogP contribution >= 0.6 is 0 Å². The van der Waals surface area contributed by atoms with Crippen LogP contribution in [0.3, 0.4) is 0 Å². The van der Waals surface area contributed by atoms with Gasteiger partial charge in [-0.1, -0.05) is 6.08 Å². The second-order valence-electron chi connectivity index (χ2n) is 2.56. The van der Waals surface area contributed by atoms with Crippen LogP contribution in [-0.4, -0.2) is 28.0 Å². The Morgan fingerprint density at radius 2 is 1.70 bits per heavy atom. The molecule has 0 aliphatic heterocycles. The van der Waals surface area contributed by atoms with E-state index in [0.29, 0.717) is 0 Å². The lowest BCUT2D eigenvalue weighted by atomic mass is 9.89.